The van der Waals surface area contributed by atoms with Crippen molar-refractivity contribution >= 4 is 10.9 Å². The Morgan fingerprint density at radius 3 is 2.78 bits per heavy atom. The molecule has 0 aliphatic heterocycles. The molecule has 2 N–H and O–H groups in total. The fourth-order valence-corrected chi connectivity index (χ4v) is 3.26. The first-order valence-corrected chi connectivity index (χ1v) is 8.46. The Balaban J connectivity index is 1.61. The van der Waals surface area contributed by atoms with E-state index in [0.29, 0.717) is 17.3 Å². The smallest absolute Gasteiger partial charge is 0.248 e. The van der Waals surface area contributed by atoms with Crippen molar-refractivity contribution in [3.8, 4) is 28.7 Å². The standard InChI is InChI=1S/C20H15N5O2/c1-12-10-19(26)23-16-11-13(2-3-14(12)16)25-9-8-21-20(25)18-5-4-17(27-18)15-6-7-22-24-15/h2-11H,1H3,(H,22,24)(H,23,26). The van der Waals surface area contributed by atoms with E-state index in [4.69, 9.17) is 4.42 Å². The third-order valence-electron chi connectivity index (χ3n) is 4.54. The van der Waals surface area contributed by atoms with E-state index in [-0.39, 0.29) is 5.56 Å². The molecule has 1 aromatic carbocycles. The third kappa shape index (κ3) is 2.56. The van der Waals surface area contributed by atoms with Crippen molar-refractivity contribution in [2.45, 2.75) is 6.92 Å². The van der Waals surface area contributed by atoms with Gasteiger partial charge in [-0.2, -0.15) is 5.10 Å². The molecule has 7 nitrogen and oxygen atoms in total. The van der Waals surface area contributed by atoms with Crippen LogP contribution in [0.4, 0.5) is 0 Å². The Kier molecular flexibility index (Phi) is 3.33. The van der Waals surface area contributed by atoms with E-state index in [1.54, 1.807) is 18.5 Å². The van der Waals surface area contributed by atoms with E-state index in [1.165, 1.54) is 0 Å². The van der Waals surface area contributed by atoms with Crippen molar-refractivity contribution in [2.75, 3.05) is 0 Å². The number of imidazole rings is 1. The van der Waals surface area contributed by atoms with Crippen LogP contribution in [0.25, 0.3) is 39.6 Å². The molecule has 0 aliphatic carbocycles. The van der Waals surface area contributed by atoms with Crippen LogP contribution in [0.15, 0.2) is 70.3 Å². The van der Waals surface area contributed by atoms with E-state index in [2.05, 4.69) is 20.2 Å². The minimum absolute atomic E-state index is 0.113. The highest BCUT2D eigenvalue weighted by molar-refractivity contribution is 5.83. The molecule has 132 valence electrons. The second kappa shape index (κ2) is 5.84. The largest absolute Gasteiger partial charge is 0.451 e. The number of hydrogen-bond acceptors (Lipinski definition) is 4. The topological polar surface area (TPSA) is 92.5 Å². The van der Waals surface area contributed by atoms with Gasteiger partial charge in [-0.1, -0.05) is 6.07 Å². The lowest BCUT2D eigenvalue weighted by Crippen LogP contribution is -2.05. The van der Waals surface area contributed by atoms with Crippen LogP contribution in [0.3, 0.4) is 0 Å². The van der Waals surface area contributed by atoms with Gasteiger partial charge in [0.15, 0.2) is 17.3 Å². The van der Waals surface area contributed by atoms with Crippen LogP contribution in [0.2, 0.25) is 0 Å². The zero-order valence-corrected chi connectivity index (χ0v) is 14.4. The highest BCUT2D eigenvalue weighted by Crippen LogP contribution is 2.28. The average Bonchev–Trinajstić information content (AvgIpc) is 3.40. The van der Waals surface area contributed by atoms with Crippen LogP contribution in [-0.4, -0.2) is 24.7 Å². The molecule has 5 aromatic rings. The van der Waals surface area contributed by atoms with Gasteiger partial charge in [-0.25, -0.2) is 4.98 Å². The van der Waals surface area contributed by atoms with Crippen molar-refractivity contribution < 1.29 is 4.42 Å². The van der Waals surface area contributed by atoms with Crippen LogP contribution in [-0.2, 0) is 0 Å². The number of pyridine rings is 1. The second-order valence-corrected chi connectivity index (χ2v) is 6.30. The summed E-state index contributed by atoms with van der Waals surface area (Å²) < 4.78 is 7.87. The highest BCUT2D eigenvalue weighted by Gasteiger charge is 2.14. The minimum atomic E-state index is -0.113. The number of hydrogen-bond donors (Lipinski definition) is 2. The molecule has 4 heterocycles. The number of aromatic amines is 2. The molecule has 0 atom stereocenters. The number of aromatic nitrogens is 5. The van der Waals surface area contributed by atoms with Crippen LogP contribution in [0.1, 0.15) is 5.56 Å². The Hall–Kier alpha value is -3.87. The quantitative estimate of drug-likeness (QED) is 0.515. The highest BCUT2D eigenvalue weighted by atomic mass is 16.3. The van der Waals surface area contributed by atoms with Crippen LogP contribution in [0.5, 0.6) is 0 Å². The molecular formula is C20H15N5O2. The van der Waals surface area contributed by atoms with Gasteiger partial charge in [0.2, 0.25) is 5.56 Å². The van der Waals surface area contributed by atoms with E-state index in [1.807, 2.05) is 54.1 Å². The maximum Gasteiger partial charge on any atom is 0.248 e. The summed E-state index contributed by atoms with van der Waals surface area (Å²) in [5.74, 6) is 2.01. The maximum absolute atomic E-state index is 11.8. The fourth-order valence-electron chi connectivity index (χ4n) is 3.26. The van der Waals surface area contributed by atoms with Crippen molar-refractivity contribution in [3.05, 3.63) is 77.0 Å². The number of H-pyrrole nitrogens is 2. The van der Waals surface area contributed by atoms with Crippen molar-refractivity contribution in [2.24, 2.45) is 0 Å². The molecule has 0 unspecified atom stereocenters. The molecule has 7 heteroatoms. The van der Waals surface area contributed by atoms with E-state index >= 15 is 0 Å². The van der Waals surface area contributed by atoms with Gasteiger partial charge in [0.25, 0.3) is 0 Å². The molecule has 0 aliphatic rings. The number of benzene rings is 1. The van der Waals surface area contributed by atoms with Gasteiger partial charge in [0.1, 0.15) is 5.69 Å². The molecule has 0 saturated heterocycles. The summed E-state index contributed by atoms with van der Waals surface area (Å²) in [5.41, 5.74) is 3.31. The van der Waals surface area contributed by atoms with Crippen molar-refractivity contribution in [1.82, 2.24) is 24.7 Å². The lowest BCUT2D eigenvalue weighted by molar-refractivity contribution is 0.588. The summed E-state index contributed by atoms with van der Waals surface area (Å²) in [4.78, 5) is 19.1. The van der Waals surface area contributed by atoms with Crippen LogP contribution in [0, 0.1) is 6.92 Å². The lowest BCUT2D eigenvalue weighted by atomic mass is 10.1. The normalized spacial score (nSPS) is 11.3. The summed E-state index contributed by atoms with van der Waals surface area (Å²) in [6, 6.07) is 13.1. The predicted molar refractivity (Wildman–Crippen MR) is 102 cm³/mol. The molecule has 0 radical (unpaired) electrons. The van der Waals surface area contributed by atoms with Gasteiger partial charge in [-0.05, 0) is 42.8 Å². The summed E-state index contributed by atoms with van der Waals surface area (Å²) in [5, 5.41) is 7.84. The number of aryl methyl sites for hydroxylation is 1. The number of nitrogens with one attached hydrogen (secondary N) is 2. The first-order valence-electron chi connectivity index (χ1n) is 8.46. The second-order valence-electron chi connectivity index (χ2n) is 6.30. The van der Waals surface area contributed by atoms with Gasteiger partial charge in [-0.15, -0.1) is 0 Å². The average molecular weight is 357 g/mol. The van der Waals surface area contributed by atoms with Gasteiger partial charge in [0.05, 0.1) is 5.52 Å². The monoisotopic (exact) mass is 357 g/mol. The summed E-state index contributed by atoms with van der Waals surface area (Å²) in [6.45, 7) is 1.93. The zero-order valence-electron chi connectivity index (χ0n) is 14.4. The molecule has 0 fully saturated rings. The van der Waals surface area contributed by atoms with Gasteiger partial charge < -0.3 is 9.40 Å². The molecule has 0 bridgehead atoms. The van der Waals surface area contributed by atoms with E-state index < -0.39 is 0 Å². The third-order valence-corrected chi connectivity index (χ3v) is 4.54. The molecule has 0 amide bonds. The number of rotatable bonds is 3. The lowest BCUT2D eigenvalue weighted by Gasteiger charge is -2.09. The molecule has 0 saturated carbocycles. The van der Waals surface area contributed by atoms with Gasteiger partial charge in [-0.3, -0.25) is 14.5 Å². The first kappa shape index (κ1) is 15.4. The Morgan fingerprint density at radius 1 is 1.04 bits per heavy atom. The van der Waals surface area contributed by atoms with Crippen molar-refractivity contribution in [3.63, 3.8) is 0 Å². The summed E-state index contributed by atoms with van der Waals surface area (Å²) >= 11 is 0. The summed E-state index contributed by atoms with van der Waals surface area (Å²) in [6.07, 6.45) is 5.26. The molecule has 4 aromatic heterocycles. The van der Waals surface area contributed by atoms with Crippen LogP contribution >= 0.6 is 0 Å². The molecule has 0 spiro atoms. The molecule has 5 rings (SSSR count). The van der Waals surface area contributed by atoms with Gasteiger partial charge in [0, 0.05) is 35.7 Å². The fraction of sp³-hybridized carbons (Fsp3) is 0.0500. The Morgan fingerprint density at radius 2 is 1.93 bits per heavy atom. The number of fused-ring (bicyclic) bond motifs is 1. The SMILES string of the molecule is Cc1cc(=O)[nH]c2cc(-n3ccnc3-c3ccc(-c4ccn[nH]4)o3)ccc12. The predicted octanol–water partition coefficient (Wildman–Crippen LogP) is 3.67. The van der Waals surface area contributed by atoms with Crippen molar-refractivity contribution in [1.29, 1.82) is 0 Å². The van der Waals surface area contributed by atoms with Gasteiger partial charge >= 0.3 is 0 Å². The first-order chi connectivity index (χ1) is 13.2. The van der Waals surface area contributed by atoms with E-state index in [0.717, 1.165) is 27.8 Å². The minimum Gasteiger partial charge on any atom is -0.451 e. The maximum atomic E-state index is 11.8. The molecular weight excluding hydrogens is 342 g/mol. The van der Waals surface area contributed by atoms with Crippen LogP contribution < -0.4 is 5.56 Å². The van der Waals surface area contributed by atoms with E-state index in [9.17, 15) is 4.79 Å². The summed E-state index contributed by atoms with van der Waals surface area (Å²) in [7, 11) is 0. The Bertz CT molecular complexity index is 1310. The number of furan rings is 1. The molecule has 27 heavy (non-hydrogen) atoms. The Labute approximate surface area is 153 Å². The number of nitrogens with zero attached hydrogens (tertiary/aromatic N) is 3. The zero-order chi connectivity index (χ0) is 18.4.